The van der Waals surface area contributed by atoms with Crippen LogP contribution < -0.4 is 5.73 Å². The molecule has 1 aromatic carbocycles. The minimum absolute atomic E-state index is 0.0167. The van der Waals surface area contributed by atoms with Crippen molar-refractivity contribution in [1.82, 2.24) is 19.3 Å². The number of rotatable bonds is 1. The van der Waals surface area contributed by atoms with Crippen LogP contribution in [0.25, 0.3) is 16.9 Å². The van der Waals surface area contributed by atoms with Gasteiger partial charge in [0, 0.05) is 7.05 Å². The largest absolute Gasteiger partial charge is 0.369 e. The first-order chi connectivity index (χ1) is 9.00. The molecule has 0 saturated heterocycles. The van der Waals surface area contributed by atoms with Gasteiger partial charge in [0.15, 0.2) is 17.3 Å². The Hall–Kier alpha value is -2.44. The Kier molecular flexibility index (Phi) is 2.31. The fourth-order valence-electron chi connectivity index (χ4n) is 2.19. The Balaban J connectivity index is 2.42. The summed E-state index contributed by atoms with van der Waals surface area (Å²) in [4.78, 5) is 4.15. The number of aryl methyl sites for hydroxylation is 2. The van der Waals surface area contributed by atoms with Gasteiger partial charge in [-0.2, -0.15) is 5.10 Å². The number of nitrogens with zero attached hydrogens (tertiary/aromatic N) is 4. The maximum absolute atomic E-state index is 13.9. The quantitative estimate of drug-likeness (QED) is 0.729. The Morgan fingerprint density at radius 3 is 2.74 bits per heavy atom. The van der Waals surface area contributed by atoms with E-state index in [-0.39, 0.29) is 11.6 Å². The van der Waals surface area contributed by atoms with E-state index < -0.39 is 11.6 Å². The van der Waals surface area contributed by atoms with Crippen LogP contribution in [0.5, 0.6) is 0 Å². The Bertz CT molecular complexity index is 787. The molecule has 0 saturated carbocycles. The lowest BCUT2D eigenvalue weighted by Crippen LogP contribution is -2.07. The van der Waals surface area contributed by atoms with Crippen molar-refractivity contribution in [3.05, 3.63) is 35.5 Å². The molecular formula is C12H11F2N5. The summed E-state index contributed by atoms with van der Waals surface area (Å²) in [5.41, 5.74) is 7.61. The number of halogens is 2. The van der Waals surface area contributed by atoms with E-state index in [4.69, 9.17) is 5.73 Å². The van der Waals surface area contributed by atoms with Crippen LogP contribution in [-0.2, 0) is 7.05 Å². The van der Waals surface area contributed by atoms with E-state index >= 15 is 0 Å². The molecule has 0 amide bonds. The third-order valence-corrected chi connectivity index (χ3v) is 3.00. The fourth-order valence-corrected chi connectivity index (χ4v) is 2.19. The van der Waals surface area contributed by atoms with Gasteiger partial charge in [-0.05, 0) is 19.1 Å². The molecule has 98 valence electrons. The average molecular weight is 263 g/mol. The van der Waals surface area contributed by atoms with Crippen LogP contribution in [0.2, 0.25) is 0 Å². The Morgan fingerprint density at radius 1 is 1.26 bits per heavy atom. The van der Waals surface area contributed by atoms with Crippen molar-refractivity contribution >= 4 is 17.1 Å². The number of imidazole rings is 1. The number of nitrogen functional groups attached to an aromatic ring is 1. The van der Waals surface area contributed by atoms with Gasteiger partial charge >= 0.3 is 0 Å². The molecule has 0 atom stereocenters. The first kappa shape index (κ1) is 11.6. The van der Waals surface area contributed by atoms with E-state index in [2.05, 4.69) is 10.1 Å². The number of anilines is 1. The summed E-state index contributed by atoms with van der Waals surface area (Å²) in [5, 5.41) is 4.19. The fraction of sp³-hybridized carbons (Fsp3) is 0.167. The molecule has 2 N–H and O–H groups in total. The van der Waals surface area contributed by atoms with E-state index in [9.17, 15) is 8.78 Å². The summed E-state index contributed by atoms with van der Waals surface area (Å²) in [6.45, 7) is 1.78. The molecule has 0 aliphatic heterocycles. The Labute approximate surface area is 107 Å². The highest BCUT2D eigenvalue weighted by molar-refractivity contribution is 5.80. The molecule has 7 heteroatoms. The van der Waals surface area contributed by atoms with Gasteiger partial charge in [0.25, 0.3) is 0 Å². The second-order valence-corrected chi connectivity index (χ2v) is 4.26. The number of hydrogen-bond donors (Lipinski definition) is 1. The van der Waals surface area contributed by atoms with Gasteiger partial charge < -0.3 is 5.73 Å². The van der Waals surface area contributed by atoms with Crippen LogP contribution in [0, 0.1) is 18.6 Å². The van der Waals surface area contributed by atoms with Crippen molar-refractivity contribution in [2.24, 2.45) is 7.05 Å². The second-order valence-electron chi connectivity index (χ2n) is 4.26. The smallest absolute Gasteiger partial charge is 0.207 e. The van der Waals surface area contributed by atoms with Crippen molar-refractivity contribution in [2.45, 2.75) is 6.92 Å². The lowest BCUT2D eigenvalue weighted by molar-refractivity contribution is 0.504. The van der Waals surface area contributed by atoms with Crippen molar-refractivity contribution < 1.29 is 8.78 Å². The molecule has 2 aromatic heterocycles. The average Bonchev–Trinajstić information content (AvgIpc) is 2.82. The summed E-state index contributed by atoms with van der Waals surface area (Å²) >= 11 is 0. The molecular weight excluding hydrogens is 252 g/mol. The van der Waals surface area contributed by atoms with Crippen LogP contribution in [-0.4, -0.2) is 19.3 Å². The second kappa shape index (κ2) is 3.78. The highest BCUT2D eigenvalue weighted by Gasteiger charge is 2.20. The molecule has 0 fully saturated rings. The summed E-state index contributed by atoms with van der Waals surface area (Å²) in [7, 11) is 1.70. The maximum Gasteiger partial charge on any atom is 0.207 e. The van der Waals surface area contributed by atoms with Gasteiger partial charge in [0.2, 0.25) is 5.95 Å². The monoisotopic (exact) mass is 263 g/mol. The van der Waals surface area contributed by atoms with Crippen molar-refractivity contribution in [1.29, 1.82) is 0 Å². The predicted molar refractivity (Wildman–Crippen MR) is 66.9 cm³/mol. The third-order valence-electron chi connectivity index (χ3n) is 3.00. The molecule has 0 spiro atoms. The zero-order chi connectivity index (χ0) is 13.7. The van der Waals surface area contributed by atoms with Crippen LogP contribution in [0.1, 0.15) is 5.69 Å². The molecule has 5 nitrogen and oxygen atoms in total. The standard InChI is InChI=1S/C12H11F2N5/c1-6-10-11(18(2)17-6)19(12(15)16-10)8-5-3-4-7(13)9(8)14/h3-5H,1-2H3,(H2,15,16). The van der Waals surface area contributed by atoms with Crippen LogP contribution >= 0.6 is 0 Å². The molecule has 0 radical (unpaired) electrons. The maximum atomic E-state index is 13.9. The normalized spacial score (nSPS) is 11.4. The van der Waals surface area contributed by atoms with E-state index in [0.29, 0.717) is 16.9 Å². The number of benzene rings is 1. The molecule has 3 aromatic rings. The molecule has 0 bridgehead atoms. The van der Waals surface area contributed by atoms with Gasteiger partial charge in [-0.1, -0.05) is 6.07 Å². The minimum Gasteiger partial charge on any atom is -0.369 e. The summed E-state index contributed by atoms with van der Waals surface area (Å²) in [6, 6.07) is 3.91. The van der Waals surface area contributed by atoms with Gasteiger partial charge in [-0.3, -0.25) is 4.57 Å². The van der Waals surface area contributed by atoms with Crippen LogP contribution in [0.15, 0.2) is 18.2 Å². The van der Waals surface area contributed by atoms with E-state index in [1.165, 1.54) is 16.7 Å². The van der Waals surface area contributed by atoms with E-state index in [0.717, 1.165) is 6.07 Å². The van der Waals surface area contributed by atoms with E-state index in [1.807, 2.05) is 0 Å². The number of fused-ring (bicyclic) bond motifs is 1. The van der Waals surface area contributed by atoms with Crippen molar-refractivity contribution in [2.75, 3.05) is 5.73 Å². The minimum atomic E-state index is -0.965. The SMILES string of the molecule is Cc1nn(C)c2c1nc(N)n2-c1cccc(F)c1F. The van der Waals surface area contributed by atoms with Gasteiger partial charge in [0.1, 0.15) is 5.52 Å². The molecule has 19 heavy (non-hydrogen) atoms. The van der Waals surface area contributed by atoms with Gasteiger partial charge in [0.05, 0.1) is 11.4 Å². The first-order valence-corrected chi connectivity index (χ1v) is 5.62. The van der Waals surface area contributed by atoms with Crippen LogP contribution in [0.3, 0.4) is 0 Å². The third kappa shape index (κ3) is 1.51. The number of nitrogens with two attached hydrogens (primary N) is 1. The zero-order valence-electron chi connectivity index (χ0n) is 10.4. The zero-order valence-corrected chi connectivity index (χ0v) is 10.4. The molecule has 3 rings (SSSR count). The summed E-state index contributed by atoms with van der Waals surface area (Å²) < 4.78 is 30.1. The van der Waals surface area contributed by atoms with Gasteiger partial charge in [-0.25, -0.2) is 18.4 Å². The van der Waals surface area contributed by atoms with Crippen molar-refractivity contribution in [3.8, 4) is 5.69 Å². The predicted octanol–water partition coefficient (Wildman–Crippen LogP) is 1.93. The summed E-state index contributed by atoms with van der Waals surface area (Å²) in [5.74, 6) is -1.81. The molecule has 0 unspecified atom stereocenters. The lowest BCUT2D eigenvalue weighted by Gasteiger charge is -2.08. The topological polar surface area (TPSA) is 61.7 Å². The summed E-state index contributed by atoms with van der Waals surface area (Å²) in [6.07, 6.45) is 0. The number of aromatic nitrogens is 4. The lowest BCUT2D eigenvalue weighted by atomic mass is 10.3. The van der Waals surface area contributed by atoms with Crippen LogP contribution in [0.4, 0.5) is 14.7 Å². The van der Waals surface area contributed by atoms with E-state index in [1.54, 1.807) is 18.7 Å². The Morgan fingerprint density at radius 2 is 2.00 bits per heavy atom. The number of hydrogen-bond acceptors (Lipinski definition) is 3. The van der Waals surface area contributed by atoms with Crippen molar-refractivity contribution in [3.63, 3.8) is 0 Å². The highest BCUT2D eigenvalue weighted by atomic mass is 19.2. The molecule has 0 aliphatic rings. The molecule has 2 heterocycles. The highest BCUT2D eigenvalue weighted by Crippen LogP contribution is 2.26. The van der Waals surface area contributed by atoms with Gasteiger partial charge in [-0.15, -0.1) is 0 Å². The molecule has 0 aliphatic carbocycles. The first-order valence-electron chi connectivity index (χ1n) is 5.62.